The van der Waals surface area contributed by atoms with Crippen molar-refractivity contribution in [1.82, 2.24) is 45.5 Å². The van der Waals surface area contributed by atoms with Crippen LogP contribution in [0.15, 0.2) is 50.6 Å². The summed E-state index contributed by atoms with van der Waals surface area (Å²) in [6.07, 6.45) is 5.95. The maximum absolute atomic E-state index is 5.15. The number of aromatic nitrogens is 9. The van der Waals surface area contributed by atoms with E-state index in [-0.39, 0.29) is 0 Å². The minimum atomic E-state index is 0.561. The Bertz CT molecular complexity index is 1370. The molecule has 150 valence electrons. The van der Waals surface area contributed by atoms with Gasteiger partial charge in [0, 0.05) is 24.6 Å². The molecule has 6 rings (SSSR count). The van der Waals surface area contributed by atoms with E-state index in [0.29, 0.717) is 34.0 Å². The molecule has 0 aromatic carbocycles. The summed E-state index contributed by atoms with van der Waals surface area (Å²) >= 11 is 0. The lowest BCUT2D eigenvalue weighted by Crippen LogP contribution is -1.84. The highest BCUT2D eigenvalue weighted by molar-refractivity contribution is 5.69. The summed E-state index contributed by atoms with van der Waals surface area (Å²) < 4.78 is 15.2. The third kappa shape index (κ3) is 4.22. The van der Waals surface area contributed by atoms with Crippen LogP contribution >= 0.6 is 0 Å². The predicted octanol–water partition coefficient (Wildman–Crippen LogP) is 2.78. The average Bonchev–Trinajstić information content (AvgIpc) is 3.47. The van der Waals surface area contributed by atoms with E-state index >= 15 is 0 Å². The topological polar surface area (TPSA) is 155 Å². The van der Waals surface area contributed by atoms with Crippen LogP contribution in [0.5, 0.6) is 0 Å². The number of aryl methyl sites for hydroxylation is 3. The first-order valence-electron chi connectivity index (χ1n) is 8.70. The largest absolute Gasteiger partial charge is 0.442 e. The zero-order chi connectivity index (χ0) is 20.9. The summed E-state index contributed by atoms with van der Waals surface area (Å²) in [6.45, 7) is 5.54. The number of oxazole rings is 3. The van der Waals surface area contributed by atoms with Gasteiger partial charge in [-0.1, -0.05) is 0 Å². The van der Waals surface area contributed by atoms with Crippen molar-refractivity contribution in [3.05, 3.63) is 54.5 Å². The van der Waals surface area contributed by atoms with Gasteiger partial charge in [0.2, 0.25) is 16.9 Å². The lowest BCUT2D eigenvalue weighted by Gasteiger charge is -1.86. The Labute approximate surface area is 168 Å². The highest BCUT2D eigenvalue weighted by Gasteiger charge is 2.01. The number of rotatable bonds is 0. The van der Waals surface area contributed by atoms with Crippen molar-refractivity contribution in [2.45, 2.75) is 20.8 Å². The smallest absolute Gasteiger partial charge is 0.220 e. The van der Waals surface area contributed by atoms with E-state index in [1.54, 1.807) is 31.5 Å². The average molecular weight is 405 g/mol. The van der Waals surface area contributed by atoms with Crippen LogP contribution < -0.4 is 0 Å². The second kappa shape index (κ2) is 8.34. The van der Waals surface area contributed by atoms with Gasteiger partial charge in [0.25, 0.3) is 0 Å². The first-order chi connectivity index (χ1) is 14.6. The molecule has 0 atom stereocenters. The molecule has 0 amide bonds. The summed E-state index contributed by atoms with van der Waals surface area (Å²) in [7, 11) is 0. The molecule has 0 bridgehead atoms. The molecule has 0 unspecified atom stereocenters. The second-order valence-electron chi connectivity index (χ2n) is 6.01. The van der Waals surface area contributed by atoms with Gasteiger partial charge < -0.3 is 13.3 Å². The van der Waals surface area contributed by atoms with Gasteiger partial charge in [0.15, 0.2) is 35.4 Å². The maximum atomic E-state index is 5.15. The van der Waals surface area contributed by atoms with E-state index in [2.05, 4.69) is 45.5 Å². The fourth-order valence-electron chi connectivity index (χ4n) is 2.38. The van der Waals surface area contributed by atoms with Crippen molar-refractivity contribution in [2.75, 3.05) is 0 Å². The van der Waals surface area contributed by atoms with Crippen molar-refractivity contribution < 1.29 is 13.3 Å². The van der Waals surface area contributed by atoms with E-state index in [1.165, 1.54) is 12.8 Å². The quantitative estimate of drug-likeness (QED) is 0.364. The highest BCUT2D eigenvalue weighted by Crippen LogP contribution is 2.11. The van der Waals surface area contributed by atoms with E-state index < -0.39 is 0 Å². The fraction of sp³-hybridized carbons (Fsp3) is 0.167. The molecule has 0 aliphatic heterocycles. The molecule has 0 aliphatic rings. The molecule has 0 saturated carbocycles. The van der Waals surface area contributed by atoms with Crippen LogP contribution in [0.4, 0.5) is 0 Å². The molecule has 0 saturated heterocycles. The van der Waals surface area contributed by atoms with Crippen LogP contribution in [0.25, 0.3) is 33.7 Å². The standard InChI is InChI=1S/3C6H5N3O/c1-4-2-8-9-6-5(4)10-3-7-6;1-4-2-5-6(9-8-4)7-3-10-5;1-4-8-6-5(10-4)2-3-7-9-6/h3*2-3H,1H3. The second-order valence-corrected chi connectivity index (χ2v) is 6.01. The number of fused-ring (bicyclic) bond motifs is 3. The molecule has 6 aromatic heterocycles. The molecule has 0 fully saturated rings. The Morgan fingerprint density at radius 3 is 2.40 bits per heavy atom. The molecular weight excluding hydrogens is 390 g/mol. The van der Waals surface area contributed by atoms with Gasteiger partial charge in [-0.25, -0.2) is 0 Å². The third-order valence-corrected chi connectivity index (χ3v) is 3.71. The van der Waals surface area contributed by atoms with Crippen molar-refractivity contribution in [3.63, 3.8) is 0 Å². The Morgan fingerprint density at radius 2 is 1.57 bits per heavy atom. The lowest BCUT2D eigenvalue weighted by atomic mass is 10.3. The van der Waals surface area contributed by atoms with Crippen LogP contribution in [-0.4, -0.2) is 45.5 Å². The Balaban J connectivity index is 0.000000109. The molecule has 30 heavy (non-hydrogen) atoms. The van der Waals surface area contributed by atoms with Crippen molar-refractivity contribution >= 4 is 33.7 Å². The highest BCUT2D eigenvalue weighted by atomic mass is 16.3. The maximum Gasteiger partial charge on any atom is 0.220 e. The van der Waals surface area contributed by atoms with Crippen molar-refractivity contribution in [3.8, 4) is 0 Å². The minimum Gasteiger partial charge on any atom is -0.442 e. The van der Waals surface area contributed by atoms with E-state index in [1.807, 2.05) is 13.8 Å². The summed E-state index contributed by atoms with van der Waals surface area (Å²) in [5, 5.41) is 22.5. The molecule has 6 heterocycles. The van der Waals surface area contributed by atoms with Crippen molar-refractivity contribution in [1.29, 1.82) is 0 Å². The number of hydrogen-bond donors (Lipinski definition) is 0. The van der Waals surface area contributed by atoms with E-state index in [0.717, 1.165) is 16.8 Å². The normalized spacial score (nSPS) is 10.5. The fourth-order valence-corrected chi connectivity index (χ4v) is 2.38. The third-order valence-electron chi connectivity index (χ3n) is 3.71. The van der Waals surface area contributed by atoms with Crippen LogP contribution in [0.1, 0.15) is 17.1 Å². The predicted molar refractivity (Wildman–Crippen MR) is 103 cm³/mol. The van der Waals surface area contributed by atoms with Gasteiger partial charge in [0.05, 0.1) is 18.1 Å². The van der Waals surface area contributed by atoms with E-state index in [9.17, 15) is 0 Å². The van der Waals surface area contributed by atoms with Crippen LogP contribution in [0, 0.1) is 20.8 Å². The molecule has 0 radical (unpaired) electrons. The van der Waals surface area contributed by atoms with Gasteiger partial charge in [-0.15, -0.1) is 15.3 Å². The van der Waals surface area contributed by atoms with Crippen LogP contribution in [0.3, 0.4) is 0 Å². The van der Waals surface area contributed by atoms with Gasteiger partial charge in [-0.2, -0.15) is 30.2 Å². The molecule has 12 heteroatoms. The zero-order valence-electron chi connectivity index (χ0n) is 16.2. The van der Waals surface area contributed by atoms with Crippen LogP contribution in [-0.2, 0) is 0 Å². The molecule has 12 nitrogen and oxygen atoms in total. The first kappa shape index (κ1) is 19.0. The Kier molecular flexibility index (Phi) is 5.28. The summed E-state index contributed by atoms with van der Waals surface area (Å²) in [5.74, 6) is 0.621. The van der Waals surface area contributed by atoms with Crippen molar-refractivity contribution in [2.24, 2.45) is 0 Å². The summed E-state index contributed by atoms with van der Waals surface area (Å²) in [6, 6.07) is 3.54. The molecule has 0 N–H and O–H groups in total. The summed E-state index contributed by atoms with van der Waals surface area (Å²) in [5.41, 5.74) is 5.59. The van der Waals surface area contributed by atoms with E-state index in [4.69, 9.17) is 13.3 Å². The monoisotopic (exact) mass is 405 g/mol. The Hall–Kier alpha value is -4.35. The lowest BCUT2D eigenvalue weighted by molar-refractivity contribution is 0.561. The first-order valence-corrected chi connectivity index (χ1v) is 8.70. The molecule has 0 spiro atoms. The molecular formula is C18H15N9O3. The summed E-state index contributed by atoms with van der Waals surface area (Å²) in [4.78, 5) is 11.6. The minimum absolute atomic E-state index is 0.561. The zero-order valence-corrected chi connectivity index (χ0v) is 16.2. The molecule has 0 aliphatic carbocycles. The van der Waals surface area contributed by atoms with Gasteiger partial charge in [-0.05, 0) is 13.8 Å². The van der Waals surface area contributed by atoms with Gasteiger partial charge in [0.1, 0.15) is 0 Å². The van der Waals surface area contributed by atoms with Gasteiger partial charge >= 0.3 is 0 Å². The number of hydrogen-bond acceptors (Lipinski definition) is 12. The number of nitrogens with zero attached hydrogens (tertiary/aromatic N) is 9. The van der Waals surface area contributed by atoms with Gasteiger partial charge in [-0.3, -0.25) is 0 Å². The molecule has 6 aromatic rings. The SMILES string of the molecule is Cc1cc2ocnc2nn1.Cc1cnnc2ncoc12.Cc1nc2nnccc2o1. The van der Waals surface area contributed by atoms with Crippen LogP contribution in [0.2, 0.25) is 0 Å². The Morgan fingerprint density at radius 1 is 0.767 bits per heavy atom.